The van der Waals surface area contributed by atoms with Gasteiger partial charge in [-0.3, -0.25) is 14.3 Å². The van der Waals surface area contributed by atoms with Gasteiger partial charge in [0, 0.05) is 19.6 Å². The molecule has 28 heavy (non-hydrogen) atoms. The van der Waals surface area contributed by atoms with Crippen LogP contribution in [0.15, 0.2) is 9.59 Å². The van der Waals surface area contributed by atoms with Gasteiger partial charge in [-0.2, -0.15) is 0 Å². The van der Waals surface area contributed by atoms with Crippen LogP contribution in [-0.4, -0.2) is 35.4 Å². The number of H-pyrrole nitrogens is 1. The second kappa shape index (κ2) is 10.7. The molecule has 2 unspecified atom stereocenters. The van der Waals surface area contributed by atoms with Crippen molar-refractivity contribution in [2.75, 3.05) is 30.3 Å². The van der Waals surface area contributed by atoms with Crippen molar-refractivity contribution in [2.24, 2.45) is 11.8 Å². The zero-order chi connectivity index (χ0) is 20.7. The van der Waals surface area contributed by atoms with Gasteiger partial charge in [0.05, 0.1) is 12.7 Å². The number of hydrogen-bond donors (Lipinski definition) is 2. The summed E-state index contributed by atoms with van der Waals surface area (Å²) in [5.74, 6) is 1.09. The number of unbranched alkanes of at least 4 members (excludes halogenated alkanes) is 1. The normalized spacial score (nSPS) is 19.9. The number of nitrogens with one attached hydrogen (secondary N) is 1. The van der Waals surface area contributed by atoms with E-state index in [1.54, 1.807) is 0 Å². The molecule has 1 saturated carbocycles. The fourth-order valence-electron chi connectivity index (χ4n) is 3.96. The van der Waals surface area contributed by atoms with Crippen molar-refractivity contribution in [1.29, 1.82) is 0 Å². The van der Waals surface area contributed by atoms with Gasteiger partial charge < -0.3 is 15.4 Å². The molecule has 1 aromatic heterocycles. The van der Waals surface area contributed by atoms with Gasteiger partial charge in [-0.05, 0) is 31.1 Å². The molecule has 160 valence electrons. The number of nitrogens with two attached hydrogens (primary N) is 1. The lowest BCUT2D eigenvalue weighted by molar-refractivity contribution is -0.00132. The third kappa shape index (κ3) is 5.87. The van der Waals surface area contributed by atoms with Crippen LogP contribution in [0, 0.1) is 11.8 Å². The smallest absolute Gasteiger partial charge is 0.330 e. The Kier molecular flexibility index (Phi) is 8.60. The minimum absolute atomic E-state index is 0.249. The van der Waals surface area contributed by atoms with E-state index in [0.717, 1.165) is 19.3 Å². The molecule has 1 fully saturated rings. The molecule has 3 N–H and O–H groups in total. The van der Waals surface area contributed by atoms with E-state index >= 15 is 0 Å². The van der Waals surface area contributed by atoms with Gasteiger partial charge in [-0.15, -0.1) is 0 Å². The Bertz CT molecular complexity index is 725. The summed E-state index contributed by atoms with van der Waals surface area (Å²) in [7, 11) is 0. The number of nitrogen functional groups attached to an aromatic ring is 1. The highest BCUT2D eigenvalue weighted by molar-refractivity contribution is 5.62. The van der Waals surface area contributed by atoms with E-state index in [1.807, 2.05) is 18.7 Å². The molecule has 2 rings (SSSR count). The molecular weight excluding hydrogens is 356 g/mol. The van der Waals surface area contributed by atoms with Crippen LogP contribution in [0.3, 0.4) is 0 Å². The molecule has 1 aliphatic carbocycles. The molecular formula is C21H38N4O3. The summed E-state index contributed by atoms with van der Waals surface area (Å²) < 4.78 is 7.64. The van der Waals surface area contributed by atoms with Gasteiger partial charge in [0.15, 0.2) is 0 Å². The summed E-state index contributed by atoms with van der Waals surface area (Å²) in [6, 6.07) is 0. The Hall–Kier alpha value is -1.76. The number of rotatable bonds is 10. The molecule has 1 heterocycles. The van der Waals surface area contributed by atoms with Gasteiger partial charge in [-0.25, -0.2) is 4.79 Å². The van der Waals surface area contributed by atoms with E-state index in [1.165, 1.54) is 23.8 Å². The summed E-state index contributed by atoms with van der Waals surface area (Å²) in [6.07, 6.45) is 7.10. The minimum atomic E-state index is -0.442. The van der Waals surface area contributed by atoms with Crippen LogP contribution < -0.4 is 21.9 Å². The van der Waals surface area contributed by atoms with Crippen LogP contribution in [0.5, 0.6) is 0 Å². The highest BCUT2D eigenvalue weighted by atomic mass is 16.5. The van der Waals surface area contributed by atoms with E-state index < -0.39 is 11.2 Å². The standard InChI is InChI=1S/C21H38N4O3/c1-5-6-11-24(12-13-28-17-10-8-7-9-16(17)4)18-19(22)25(14-15(2)3)21(27)23-20(18)26/h15-17H,5-14,22H2,1-4H3,(H,23,26,27). The lowest BCUT2D eigenvalue weighted by Crippen LogP contribution is -2.41. The van der Waals surface area contributed by atoms with E-state index in [-0.39, 0.29) is 11.7 Å². The third-order valence-corrected chi connectivity index (χ3v) is 5.59. The molecule has 0 saturated heterocycles. The largest absolute Gasteiger partial charge is 0.383 e. The zero-order valence-electron chi connectivity index (χ0n) is 18.0. The quantitative estimate of drug-likeness (QED) is 0.636. The maximum atomic E-state index is 12.6. The molecule has 0 aliphatic heterocycles. The van der Waals surface area contributed by atoms with Gasteiger partial charge in [0.1, 0.15) is 11.5 Å². The summed E-state index contributed by atoms with van der Waals surface area (Å²) >= 11 is 0. The van der Waals surface area contributed by atoms with Crippen molar-refractivity contribution in [1.82, 2.24) is 9.55 Å². The van der Waals surface area contributed by atoms with Crippen LogP contribution in [0.4, 0.5) is 11.5 Å². The fourth-order valence-corrected chi connectivity index (χ4v) is 3.96. The first-order valence-electron chi connectivity index (χ1n) is 10.8. The molecule has 0 amide bonds. The van der Waals surface area contributed by atoms with Crippen LogP contribution in [-0.2, 0) is 11.3 Å². The molecule has 0 aromatic carbocycles. The van der Waals surface area contributed by atoms with E-state index in [0.29, 0.717) is 44.0 Å². The second-order valence-corrected chi connectivity index (χ2v) is 8.51. The maximum absolute atomic E-state index is 12.6. The average molecular weight is 395 g/mol. The van der Waals surface area contributed by atoms with Crippen molar-refractivity contribution in [3.8, 4) is 0 Å². The Morgan fingerprint density at radius 1 is 1.25 bits per heavy atom. The topological polar surface area (TPSA) is 93.3 Å². The first kappa shape index (κ1) is 22.5. The maximum Gasteiger partial charge on any atom is 0.330 e. The Morgan fingerprint density at radius 2 is 1.96 bits per heavy atom. The average Bonchev–Trinajstić information content (AvgIpc) is 2.63. The van der Waals surface area contributed by atoms with Crippen LogP contribution >= 0.6 is 0 Å². The Morgan fingerprint density at radius 3 is 2.61 bits per heavy atom. The molecule has 7 heteroatoms. The molecule has 0 spiro atoms. The summed E-state index contributed by atoms with van der Waals surface area (Å²) in [5.41, 5.74) is 5.85. The first-order chi connectivity index (χ1) is 13.3. The highest BCUT2D eigenvalue weighted by Crippen LogP contribution is 2.26. The van der Waals surface area contributed by atoms with E-state index in [9.17, 15) is 9.59 Å². The number of aromatic amines is 1. The second-order valence-electron chi connectivity index (χ2n) is 8.51. The van der Waals surface area contributed by atoms with E-state index in [4.69, 9.17) is 10.5 Å². The molecule has 2 atom stereocenters. The van der Waals surface area contributed by atoms with Crippen molar-refractivity contribution < 1.29 is 4.74 Å². The zero-order valence-corrected chi connectivity index (χ0v) is 18.0. The first-order valence-corrected chi connectivity index (χ1v) is 10.8. The number of hydrogen-bond acceptors (Lipinski definition) is 5. The van der Waals surface area contributed by atoms with Gasteiger partial charge in [0.25, 0.3) is 5.56 Å². The molecule has 7 nitrogen and oxygen atoms in total. The number of nitrogens with zero attached hydrogens (tertiary/aromatic N) is 2. The van der Waals surface area contributed by atoms with Crippen LogP contribution in [0.25, 0.3) is 0 Å². The van der Waals surface area contributed by atoms with Crippen molar-refractivity contribution in [2.45, 2.75) is 78.9 Å². The predicted molar refractivity (Wildman–Crippen MR) is 115 cm³/mol. The van der Waals surface area contributed by atoms with E-state index in [2.05, 4.69) is 18.8 Å². The Balaban J connectivity index is 2.19. The summed E-state index contributed by atoms with van der Waals surface area (Å²) in [5, 5.41) is 0. The van der Waals surface area contributed by atoms with Crippen molar-refractivity contribution in [3.05, 3.63) is 20.8 Å². The Labute approximate surface area is 168 Å². The predicted octanol–water partition coefficient (Wildman–Crippen LogP) is 2.98. The minimum Gasteiger partial charge on any atom is -0.383 e. The van der Waals surface area contributed by atoms with Crippen LogP contribution in [0.1, 0.15) is 66.2 Å². The van der Waals surface area contributed by atoms with Gasteiger partial charge in [-0.1, -0.05) is 47.0 Å². The summed E-state index contributed by atoms with van der Waals surface area (Å²) in [6.45, 7) is 10.8. The third-order valence-electron chi connectivity index (χ3n) is 5.59. The number of ether oxygens (including phenoxy) is 1. The monoisotopic (exact) mass is 394 g/mol. The fraction of sp³-hybridized carbons (Fsp3) is 0.810. The summed E-state index contributed by atoms with van der Waals surface area (Å²) in [4.78, 5) is 29.2. The lowest BCUT2D eigenvalue weighted by atomic mass is 9.88. The SMILES string of the molecule is CCCCN(CCOC1CCCCC1C)c1c(N)n(CC(C)C)c(=O)[nH]c1=O. The molecule has 1 aliphatic rings. The molecule has 0 radical (unpaired) electrons. The van der Waals surface area contributed by atoms with Gasteiger partial charge in [0.2, 0.25) is 0 Å². The number of anilines is 2. The lowest BCUT2D eigenvalue weighted by Gasteiger charge is -2.31. The van der Waals surface area contributed by atoms with Crippen LogP contribution in [0.2, 0.25) is 0 Å². The number of aromatic nitrogens is 2. The van der Waals surface area contributed by atoms with Crippen molar-refractivity contribution in [3.63, 3.8) is 0 Å². The molecule has 1 aromatic rings. The van der Waals surface area contributed by atoms with Crippen molar-refractivity contribution >= 4 is 11.5 Å². The van der Waals surface area contributed by atoms with Gasteiger partial charge >= 0.3 is 5.69 Å². The molecule has 0 bridgehead atoms. The highest BCUT2D eigenvalue weighted by Gasteiger charge is 2.23.